The van der Waals surface area contributed by atoms with Crippen molar-refractivity contribution in [3.8, 4) is 0 Å². The van der Waals surface area contributed by atoms with Crippen molar-refractivity contribution in [3.63, 3.8) is 0 Å². The molecule has 25 heavy (non-hydrogen) atoms. The van der Waals surface area contributed by atoms with Crippen LogP contribution in [0.1, 0.15) is 18.7 Å². The van der Waals surface area contributed by atoms with Gasteiger partial charge >= 0.3 is 0 Å². The van der Waals surface area contributed by atoms with Crippen LogP contribution in [0.2, 0.25) is 0 Å². The first-order chi connectivity index (χ1) is 11.8. The largest absolute Gasteiger partial charge is 0.459 e. The molecule has 0 spiro atoms. The number of furan rings is 1. The number of anilines is 1. The molecular weight excluding hydrogens is 344 g/mol. The lowest BCUT2D eigenvalue weighted by Crippen LogP contribution is -2.08. The number of nitrogens with one attached hydrogen (secondary N) is 1. The van der Waals surface area contributed by atoms with Crippen molar-refractivity contribution in [1.29, 1.82) is 0 Å². The second kappa shape index (κ2) is 6.21. The summed E-state index contributed by atoms with van der Waals surface area (Å²) < 4.78 is 29.0. The molecule has 3 aromatic rings. The SMILES string of the molecule is C[C@H](Nc1ccc(S(C)(=O)=O)cc1[N+](=O)[O-])c1cc2ccccc2o1. The molecule has 3 rings (SSSR count). The van der Waals surface area contributed by atoms with E-state index in [2.05, 4.69) is 5.32 Å². The van der Waals surface area contributed by atoms with E-state index in [1.165, 1.54) is 12.1 Å². The monoisotopic (exact) mass is 360 g/mol. The third-order valence-electron chi connectivity index (χ3n) is 3.84. The van der Waals surface area contributed by atoms with Crippen molar-refractivity contribution in [2.24, 2.45) is 0 Å². The standard InChI is InChI=1S/C17H16N2O5S/c1-11(17-9-12-5-3-4-6-16(12)24-17)18-14-8-7-13(25(2,22)23)10-15(14)19(20)21/h3-11,18H,1-2H3/t11-/m0/s1. The Kier molecular flexibility index (Phi) is 4.22. The molecule has 0 amide bonds. The Labute approximate surface area is 144 Å². The lowest BCUT2D eigenvalue weighted by molar-refractivity contribution is -0.384. The second-order valence-corrected chi connectivity index (χ2v) is 7.78. The number of hydrogen-bond acceptors (Lipinski definition) is 6. The molecule has 0 aliphatic rings. The van der Waals surface area contributed by atoms with Crippen molar-refractivity contribution in [3.05, 3.63) is 64.4 Å². The van der Waals surface area contributed by atoms with Crippen molar-refractivity contribution < 1.29 is 17.8 Å². The van der Waals surface area contributed by atoms with E-state index in [4.69, 9.17) is 4.42 Å². The van der Waals surface area contributed by atoms with Gasteiger partial charge in [-0.05, 0) is 31.2 Å². The van der Waals surface area contributed by atoms with E-state index in [1.54, 1.807) is 0 Å². The highest BCUT2D eigenvalue weighted by Gasteiger charge is 2.21. The summed E-state index contributed by atoms with van der Waals surface area (Å²) in [4.78, 5) is 10.6. The summed E-state index contributed by atoms with van der Waals surface area (Å²) in [6.07, 6.45) is 1.01. The van der Waals surface area contributed by atoms with Gasteiger partial charge in [0, 0.05) is 17.7 Å². The first-order valence-corrected chi connectivity index (χ1v) is 9.38. The maximum Gasteiger partial charge on any atom is 0.293 e. The van der Waals surface area contributed by atoms with Gasteiger partial charge in [-0.1, -0.05) is 18.2 Å². The Morgan fingerprint density at radius 2 is 1.88 bits per heavy atom. The number of hydrogen-bond donors (Lipinski definition) is 1. The van der Waals surface area contributed by atoms with Gasteiger partial charge in [-0.25, -0.2) is 8.42 Å². The zero-order chi connectivity index (χ0) is 18.2. The van der Waals surface area contributed by atoms with Gasteiger partial charge in [0.25, 0.3) is 5.69 Å². The normalized spacial score (nSPS) is 12.9. The predicted molar refractivity (Wildman–Crippen MR) is 94.5 cm³/mol. The fraction of sp³-hybridized carbons (Fsp3) is 0.176. The molecule has 1 aromatic heterocycles. The van der Waals surface area contributed by atoms with Crippen LogP contribution in [0.3, 0.4) is 0 Å². The quantitative estimate of drug-likeness (QED) is 0.546. The summed E-state index contributed by atoms with van der Waals surface area (Å²) in [5.41, 5.74) is 0.657. The first-order valence-electron chi connectivity index (χ1n) is 7.49. The van der Waals surface area contributed by atoms with Gasteiger partial charge in [0.15, 0.2) is 9.84 Å². The first kappa shape index (κ1) is 17.0. The van der Waals surface area contributed by atoms with E-state index in [0.29, 0.717) is 5.76 Å². The van der Waals surface area contributed by atoms with E-state index in [0.717, 1.165) is 23.3 Å². The minimum absolute atomic E-state index is 0.0962. The molecule has 0 bridgehead atoms. The number of nitrogens with zero attached hydrogens (tertiary/aromatic N) is 1. The Hall–Kier alpha value is -2.87. The molecule has 130 valence electrons. The van der Waals surface area contributed by atoms with Crippen LogP contribution in [0.25, 0.3) is 11.0 Å². The Bertz CT molecular complexity index is 1020. The molecule has 0 aliphatic carbocycles. The molecule has 0 aliphatic heterocycles. The highest BCUT2D eigenvalue weighted by Crippen LogP contribution is 2.32. The molecule has 7 nitrogen and oxygen atoms in total. The van der Waals surface area contributed by atoms with Gasteiger partial charge in [0.2, 0.25) is 0 Å². The summed E-state index contributed by atoms with van der Waals surface area (Å²) >= 11 is 0. The molecular formula is C17H16N2O5S. The van der Waals surface area contributed by atoms with Gasteiger partial charge in [-0.3, -0.25) is 10.1 Å². The lowest BCUT2D eigenvalue weighted by atomic mass is 10.2. The molecule has 0 unspecified atom stereocenters. The van der Waals surface area contributed by atoms with E-state index in [-0.39, 0.29) is 22.3 Å². The number of nitro benzene ring substituents is 1. The van der Waals surface area contributed by atoms with Crippen molar-refractivity contribution in [1.82, 2.24) is 0 Å². The van der Waals surface area contributed by atoms with E-state index >= 15 is 0 Å². The zero-order valence-corrected chi connectivity index (χ0v) is 14.4. The van der Waals surface area contributed by atoms with Crippen LogP contribution in [0.15, 0.2) is 57.8 Å². The summed E-state index contributed by atoms with van der Waals surface area (Å²) in [5.74, 6) is 0.627. The van der Waals surface area contributed by atoms with E-state index in [1.807, 2.05) is 37.3 Å². The fourth-order valence-electron chi connectivity index (χ4n) is 2.54. The summed E-state index contributed by atoms with van der Waals surface area (Å²) in [5, 5.41) is 15.3. The third-order valence-corrected chi connectivity index (χ3v) is 4.95. The maximum atomic E-state index is 11.6. The van der Waals surface area contributed by atoms with Crippen molar-refractivity contribution in [2.45, 2.75) is 17.9 Å². The third kappa shape index (κ3) is 3.48. The van der Waals surface area contributed by atoms with Crippen LogP contribution >= 0.6 is 0 Å². The van der Waals surface area contributed by atoms with Crippen LogP contribution < -0.4 is 5.32 Å². The van der Waals surface area contributed by atoms with Gasteiger partial charge in [-0.15, -0.1) is 0 Å². The van der Waals surface area contributed by atoms with E-state index in [9.17, 15) is 18.5 Å². The number of rotatable bonds is 5. The van der Waals surface area contributed by atoms with Crippen LogP contribution in [0, 0.1) is 10.1 Å². The van der Waals surface area contributed by atoms with Crippen LogP contribution in [0.4, 0.5) is 11.4 Å². The molecule has 0 fully saturated rings. The van der Waals surface area contributed by atoms with Crippen LogP contribution in [0.5, 0.6) is 0 Å². The molecule has 1 heterocycles. The summed E-state index contributed by atoms with van der Waals surface area (Å²) in [7, 11) is -3.52. The maximum absolute atomic E-state index is 11.6. The highest BCUT2D eigenvalue weighted by atomic mass is 32.2. The fourth-order valence-corrected chi connectivity index (χ4v) is 3.18. The molecule has 1 N–H and O–H groups in total. The van der Waals surface area contributed by atoms with Crippen molar-refractivity contribution in [2.75, 3.05) is 11.6 Å². The number of benzene rings is 2. The Morgan fingerprint density at radius 1 is 1.16 bits per heavy atom. The number of para-hydroxylation sites is 1. The predicted octanol–water partition coefficient (Wildman–Crippen LogP) is 3.92. The molecule has 1 atom stereocenters. The molecule has 0 saturated carbocycles. The smallest absolute Gasteiger partial charge is 0.293 e. The van der Waals surface area contributed by atoms with Crippen LogP contribution in [-0.2, 0) is 9.84 Å². The Balaban J connectivity index is 1.94. The highest BCUT2D eigenvalue weighted by molar-refractivity contribution is 7.90. The van der Waals surface area contributed by atoms with Gasteiger partial charge in [0.1, 0.15) is 17.0 Å². The second-order valence-electron chi connectivity index (χ2n) is 5.76. The number of fused-ring (bicyclic) bond motifs is 1. The zero-order valence-electron chi connectivity index (χ0n) is 13.6. The van der Waals surface area contributed by atoms with Crippen molar-refractivity contribution >= 4 is 32.2 Å². The van der Waals surface area contributed by atoms with E-state index < -0.39 is 14.8 Å². The van der Waals surface area contributed by atoms with Gasteiger partial charge in [-0.2, -0.15) is 0 Å². The minimum atomic E-state index is -3.52. The average molecular weight is 360 g/mol. The lowest BCUT2D eigenvalue weighted by Gasteiger charge is -2.13. The van der Waals surface area contributed by atoms with Gasteiger partial charge < -0.3 is 9.73 Å². The number of sulfone groups is 1. The Morgan fingerprint density at radius 3 is 2.52 bits per heavy atom. The molecule has 8 heteroatoms. The van der Waals surface area contributed by atoms with Gasteiger partial charge in [0.05, 0.1) is 15.9 Å². The van der Waals surface area contributed by atoms with Crippen LogP contribution in [-0.4, -0.2) is 19.6 Å². The molecule has 0 radical (unpaired) electrons. The summed E-state index contributed by atoms with van der Waals surface area (Å²) in [6.45, 7) is 1.81. The molecule has 0 saturated heterocycles. The topological polar surface area (TPSA) is 102 Å². The summed E-state index contributed by atoms with van der Waals surface area (Å²) in [6, 6.07) is 12.8. The average Bonchev–Trinajstić information content (AvgIpc) is 2.98. The minimum Gasteiger partial charge on any atom is -0.459 e. The molecule has 2 aromatic carbocycles. The number of nitro groups is 1.